The smallest absolute Gasteiger partial charge is 0.348 e. The van der Waals surface area contributed by atoms with Crippen LogP contribution in [0.2, 0.25) is 0 Å². The van der Waals surface area contributed by atoms with Crippen molar-refractivity contribution < 1.29 is 38.4 Å². The van der Waals surface area contributed by atoms with Gasteiger partial charge in [0.2, 0.25) is 11.6 Å². The third kappa shape index (κ3) is 6.39. The molecular formula is C41H56O8. The Morgan fingerprint density at radius 2 is 1.55 bits per heavy atom. The molecule has 1 aliphatic carbocycles. The first-order valence-electron chi connectivity index (χ1n) is 17.9. The average Bonchev–Trinajstić information content (AvgIpc) is 2.98. The SMILES string of the molecule is CCC(=O)Oc1cc(C(=O)C2=C3OC(C)(C)[C@@H](CC=C(C)C)C[C@@]34C[C@@H](CC=C(C)C)C(C)(C)[C@H]3CCC(C)(C)O[C@]34OC2=O)ccc1O. The molecule has 0 aromatic heterocycles. The van der Waals surface area contributed by atoms with Crippen LogP contribution in [0, 0.1) is 28.6 Å². The van der Waals surface area contributed by atoms with Crippen LogP contribution in [-0.4, -0.2) is 39.8 Å². The number of ketones is 1. The van der Waals surface area contributed by atoms with Crippen LogP contribution in [0.3, 0.4) is 0 Å². The van der Waals surface area contributed by atoms with Crippen LogP contribution in [-0.2, 0) is 23.8 Å². The van der Waals surface area contributed by atoms with Gasteiger partial charge in [0.1, 0.15) is 16.9 Å². The second-order valence-corrected chi connectivity index (χ2v) is 17.0. The van der Waals surface area contributed by atoms with Crippen molar-refractivity contribution in [2.24, 2.45) is 28.6 Å². The van der Waals surface area contributed by atoms with Crippen LogP contribution < -0.4 is 4.74 Å². The van der Waals surface area contributed by atoms with Crippen LogP contribution in [0.15, 0.2) is 52.8 Å². The van der Waals surface area contributed by atoms with Crippen molar-refractivity contribution in [2.75, 3.05) is 0 Å². The summed E-state index contributed by atoms with van der Waals surface area (Å²) in [6.07, 6.45) is 9.01. The van der Waals surface area contributed by atoms with Crippen molar-refractivity contribution in [1.82, 2.24) is 0 Å². The molecule has 5 rings (SSSR count). The molecule has 3 fully saturated rings. The Morgan fingerprint density at radius 1 is 0.939 bits per heavy atom. The van der Waals surface area contributed by atoms with Gasteiger partial charge in [-0.15, -0.1) is 0 Å². The molecule has 1 N–H and O–H groups in total. The van der Waals surface area contributed by atoms with Crippen molar-refractivity contribution in [3.8, 4) is 11.5 Å². The van der Waals surface area contributed by atoms with Crippen LogP contribution in [0.25, 0.3) is 0 Å². The Kier molecular flexibility index (Phi) is 9.59. The number of benzene rings is 1. The van der Waals surface area contributed by atoms with Crippen molar-refractivity contribution >= 4 is 17.7 Å². The number of aromatic hydroxyl groups is 1. The molecule has 1 aromatic carbocycles. The number of ether oxygens (including phenoxy) is 4. The Bertz CT molecular complexity index is 1610. The van der Waals surface area contributed by atoms with Crippen molar-refractivity contribution in [1.29, 1.82) is 0 Å². The molecule has 0 bridgehead atoms. The largest absolute Gasteiger partial charge is 0.504 e. The topological polar surface area (TPSA) is 108 Å². The number of allylic oxidation sites excluding steroid dienone is 4. The van der Waals surface area contributed by atoms with Crippen LogP contribution in [0.5, 0.6) is 11.5 Å². The lowest BCUT2D eigenvalue weighted by atomic mass is 9.44. The number of phenols is 1. The van der Waals surface area contributed by atoms with Gasteiger partial charge in [-0.25, -0.2) is 4.79 Å². The van der Waals surface area contributed by atoms with Crippen LogP contribution >= 0.6 is 0 Å². The number of hydrogen-bond donors (Lipinski definition) is 1. The van der Waals surface area contributed by atoms with E-state index in [1.54, 1.807) is 6.92 Å². The number of esters is 2. The van der Waals surface area contributed by atoms with Crippen molar-refractivity contribution in [2.45, 2.75) is 138 Å². The Labute approximate surface area is 292 Å². The summed E-state index contributed by atoms with van der Waals surface area (Å²) in [5.74, 6) is -3.35. The van der Waals surface area contributed by atoms with Gasteiger partial charge in [-0.2, -0.15) is 0 Å². The molecule has 8 heteroatoms. The number of hydrogen-bond acceptors (Lipinski definition) is 8. The van der Waals surface area contributed by atoms with E-state index in [1.165, 1.54) is 29.3 Å². The summed E-state index contributed by atoms with van der Waals surface area (Å²) in [5, 5.41) is 10.5. The fourth-order valence-electron chi connectivity index (χ4n) is 8.84. The number of phenolic OH excluding ortho intramolecular Hbond substituents is 1. The predicted molar refractivity (Wildman–Crippen MR) is 188 cm³/mol. The van der Waals surface area contributed by atoms with Gasteiger partial charge in [0.15, 0.2) is 11.5 Å². The lowest BCUT2D eigenvalue weighted by Gasteiger charge is -2.70. The minimum atomic E-state index is -1.35. The molecule has 49 heavy (non-hydrogen) atoms. The summed E-state index contributed by atoms with van der Waals surface area (Å²) in [6, 6.07) is 4.03. The first-order chi connectivity index (χ1) is 22.7. The molecule has 3 heterocycles. The van der Waals surface area contributed by atoms with E-state index >= 15 is 0 Å². The summed E-state index contributed by atoms with van der Waals surface area (Å²) in [4.78, 5) is 41.3. The Morgan fingerprint density at radius 3 is 2.16 bits per heavy atom. The first kappa shape index (κ1) is 36.9. The normalized spacial score (nSPS) is 30.8. The molecule has 5 atom stereocenters. The van der Waals surface area contributed by atoms with Gasteiger partial charge >= 0.3 is 11.9 Å². The number of rotatable bonds is 8. The summed E-state index contributed by atoms with van der Waals surface area (Å²) >= 11 is 0. The minimum absolute atomic E-state index is 0.0320. The fourth-order valence-corrected chi connectivity index (χ4v) is 8.84. The highest BCUT2D eigenvalue weighted by atomic mass is 16.7. The molecule has 1 aromatic rings. The van der Waals surface area contributed by atoms with Crippen molar-refractivity contribution in [3.05, 3.63) is 58.4 Å². The Balaban J connectivity index is 1.80. The van der Waals surface area contributed by atoms with Crippen molar-refractivity contribution in [3.63, 3.8) is 0 Å². The lowest BCUT2D eigenvalue weighted by Crippen LogP contribution is -2.74. The maximum absolute atomic E-state index is 14.7. The van der Waals surface area contributed by atoms with Gasteiger partial charge in [-0.05, 0) is 123 Å². The first-order valence-corrected chi connectivity index (χ1v) is 17.9. The molecule has 0 amide bonds. The number of Topliss-reactive ketones (excluding diaryl/α,β-unsaturated/α-hetero) is 1. The molecule has 0 unspecified atom stereocenters. The molecule has 268 valence electrons. The van der Waals surface area contributed by atoms with Gasteiger partial charge < -0.3 is 24.1 Å². The molecule has 4 aliphatic rings. The maximum Gasteiger partial charge on any atom is 0.348 e. The predicted octanol–water partition coefficient (Wildman–Crippen LogP) is 9.16. The van der Waals surface area contributed by atoms with Crippen LogP contribution in [0.1, 0.15) is 131 Å². The Hall–Kier alpha value is -3.39. The van der Waals surface area contributed by atoms with Gasteiger partial charge in [0.05, 0.1) is 11.0 Å². The van der Waals surface area contributed by atoms with Gasteiger partial charge in [-0.1, -0.05) is 44.1 Å². The quantitative estimate of drug-likeness (QED) is 0.0955. The van der Waals surface area contributed by atoms with E-state index in [0.717, 1.165) is 25.7 Å². The standard InChI is InChI=1S/C41H56O8/c1-12-32(43)46-30-21-26(15-18-29(30)42)34(44)33-35-40(23-28(17-14-25(4)5)39(10,11)47-35)22-27(16-13-24(2)3)38(8,9)31-19-20-37(6,7)49-41(31,40)48-36(33)45/h13-15,18,21,27-28,31,42H,12,16-17,19-20,22-23H2,1-11H3/t27-,28+,31-,40+,41-/m1/s1. The highest BCUT2D eigenvalue weighted by molar-refractivity contribution is 6.25. The monoisotopic (exact) mass is 676 g/mol. The zero-order chi connectivity index (χ0) is 36.3. The van der Waals surface area contributed by atoms with E-state index in [1.807, 2.05) is 13.8 Å². The fraction of sp³-hybridized carbons (Fsp3) is 0.634. The molecule has 0 radical (unpaired) electrons. The molecule has 2 saturated heterocycles. The highest BCUT2D eigenvalue weighted by Gasteiger charge is 2.77. The highest BCUT2D eigenvalue weighted by Crippen LogP contribution is 2.72. The second kappa shape index (κ2) is 12.7. The molecule has 3 aliphatic heterocycles. The molecule has 8 nitrogen and oxygen atoms in total. The van der Waals surface area contributed by atoms with E-state index in [2.05, 4.69) is 67.5 Å². The maximum atomic E-state index is 14.7. The van der Waals surface area contributed by atoms with E-state index in [-0.39, 0.29) is 52.2 Å². The van der Waals surface area contributed by atoms with E-state index in [9.17, 15) is 19.5 Å². The molecular weight excluding hydrogens is 620 g/mol. The second-order valence-electron chi connectivity index (χ2n) is 17.0. The van der Waals surface area contributed by atoms with E-state index < -0.39 is 40.1 Å². The number of carbonyl (C=O) groups excluding carboxylic acids is 3. The average molecular weight is 677 g/mol. The van der Waals surface area contributed by atoms with E-state index in [0.29, 0.717) is 18.6 Å². The van der Waals surface area contributed by atoms with Gasteiger partial charge in [0, 0.05) is 23.8 Å². The summed E-state index contributed by atoms with van der Waals surface area (Å²) < 4.78 is 26.3. The zero-order valence-corrected chi connectivity index (χ0v) is 31.4. The van der Waals surface area contributed by atoms with Crippen LogP contribution in [0.4, 0.5) is 0 Å². The lowest BCUT2D eigenvalue weighted by molar-refractivity contribution is -0.407. The van der Waals surface area contributed by atoms with E-state index in [4.69, 9.17) is 18.9 Å². The summed E-state index contributed by atoms with van der Waals surface area (Å²) in [6.45, 7) is 22.8. The molecule has 2 spiro atoms. The van der Waals surface area contributed by atoms with Gasteiger partial charge in [-0.3, -0.25) is 9.59 Å². The summed E-state index contributed by atoms with van der Waals surface area (Å²) in [5.41, 5.74) is -0.167. The number of carbonyl (C=O) groups is 3. The minimum Gasteiger partial charge on any atom is -0.504 e. The third-order valence-electron chi connectivity index (χ3n) is 11.8. The zero-order valence-electron chi connectivity index (χ0n) is 31.4. The summed E-state index contributed by atoms with van der Waals surface area (Å²) in [7, 11) is 0. The molecule has 1 saturated carbocycles. The third-order valence-corrected chi connectivity index (χ3v) is 11.8. The van der Waals surface area contributed by atoms with Gasteiger partial charge in [0.25, 0.3) is 0 Å².